The quantitative estimate of drug-likeness (QED) is 0.490. The van der Waals surface area contributed by atoms with Crippen molar-refractivity contribution in [2.24, 2.45) is 10.9 Å². The molecule has 1 aromatic carbocycles. The molecule has 0 spiro atoms. The maximum Gasteiger partial charge on any atom is 0.240 e. The maximum atomic E-state index is 12.0. The summed E-state index contributed by atoms with van der Waals surface area (Å²) in [6.45, 7) is 1.25. The lowest BCUT2D eigenvalue weighted by molar-refractivity contribution is 0.164. The molecule has 2 unspecified atom stereocenters. The van der Waals surface area contributed by atoms with Crippen molar-refractivity contribution in [1.29, 1.82) is 0 Å². The van der Waals surface area contributed by atoms with Gasteiger partial charge in [-0.1, -0.05) is 6.07 Å². The van der Waals surface area contributed by atoms with Crippen LogP contribution in [-0.4, -0.2) is 40.6 Å². The van der Waals surface area contributed by atoms with Crippen molar-refractivity contribution in [1.82, 2.24) is 4.72 Å². The van der Waals surface area contributed by atoms with Crippen molar-refractivity contribution >= 4 is 20.0 Å². The van der Waals surface area contributed by atoms with E-state index in [4.69, 9.17) is 10.9 Å². The van der Waals surface area contributed by atoms with Gasteiger partial charge in [0, 0.05) is 12.6 Å². The molecule has 6 N–H and O–H groups in total. The van der Waals surface area contributed by atoms with Crippen molar-refractivity contribution < 1.29 is 21.9 Å². The highest BCUT2D eigenvalue weighted by Gasteiger charge is 2.19. The van der Waals surface area contributed by atoms with Crippen LogP contribution in [0.4, 0.5) is 0 Å². The Morgan fingerprint density at radius 2 is 1.80 bits per heavy atom. The van der Waals surface area contributed by atoms with E-state index in [-0.39, 0.29) is 16.3 Å². The Hall–Kier alpha value is -1.04. The topological polar surface area (TPSA) is 153 Å². The second-order valence-electron chi connectivity index (χ2n) is 4.28. The zero-order valence-corrected chi connectivity index (χ0v) is 12.4. The monoisotopic (exact) mass is 323 g/mol. The van der Waals surface area contributed by atoms with Crippen molar-refractivity contribution in [3.63, 3.8) is 0 Å². The summed E-state index contributed by atoms with van der Waals surface area (Å²) < 4.78 is 48.4. The highest BCUT2D eigenvalue weighted by molar-refractivity contribution is 7.90. The molecule has 0 amide bonds. The van der Waals surface area contributed by atoms with Gasteiger partial charge in [-0.3, -0.25) is 0 Å². The normalized spacial score (nSPS) is 15.8. The number of aliphatic hydroxyl groups is 1. The Morgan fingerprint density at radius 3 is 2.30 bits per heavy atom. The number of nitrogens with two attached hydrogens (primary N) is 2. The molecular formula is C10H17N3O5S2. The van der Waals surface area contributed by atoms with Crippen LogP contribution in [0.1, 0.15) is 6.92 Å². The van der Waals surface area contributed by atoms with Crippen LogP contribution >= 0.6 is 0 Å². The molecule has 0 aliphatic rings. The third kappa shape index (κ3) is 4.51. The average molecular weight is 323 g/mol. The van der Waals surface area contributed by atoms with Crippen molar-refractivity contribution in [3.8, 4) is 0 Å². The summed E-state index contributed by atoms with van der Waals surface area (Å²) in [6, 6.07) is 3.86. The molecule has 0 aromatic heterocycles. The molecule has 0 bridgehead atoms. The summed E-state index contributed by atoms with van der Waals surface area (Å²) in [5.74, 6) is 0. The van der Waals surface area contributed by atoms with E-state index in [0.717, 1.165) is 6.07 Å². The van der Waals surface area contributed by atoms with E-state index in [1.807, 2.05) is 0 Å². The highest BCUT2D eigenvalue weighted by Crippen LogP contribution is 2.14. The number of sulfonamides is 2. The van der Waals surface area contributed by atoms with Crippen molar-refractivity contribution in [2.45, 2.75) is 28.9 Å². The van der Waals surface area contributed by atoms with Crippen LogP contribution in [0, 0.1) is 0 Å². The fraction of sp³-hybridized carbons (Fsp3) is 0.400. The Bertz CT molecular complexity index is 670. The summed E-state index contributed by atoms with van der Waals surface area (Å²) in [6.07, 6.45) is -0.881. The van der Waals surface area contributed by atoms with E-state index < -0.39 is 32.2 Å². The minimum Gasteiger partial charge on any atom is -0.392 e. The lowest BCUT2D eigenvalue weighted by Gasteiger charge is -2.15. The molecule has 0 aliphatic carbocycles. The van der Waals surface area contributed by atoms with Crippen LogP contribution in [0.5, 0.6) is 0 Å². The van der Waals surface area contributed by atoms with Crippen LogP contribution in [0.3, 0.4) is 0 Å². The molecule has 20 heavy (non-hydrogen) atoms. The Labute approximate surface area is 117 Å². The number of benzene rings is 1. The third-order valence-corrected chi connectivity index (χ3v) is 4.91. The second-order valence-corrected chi connectivity index (χ2v) is 7.60. The molecular weight excluding hydrogens is 306 g/mol. The number of hydrogen-bond acceptors (Lipinski definition) is 6. The van der Waals surface area contributed by atoms with Crippen LogP contribution in [-0.2, 0) is 20.0 Å². The van der Waals surface area contributed by atoms with Gasteiger partial charge in [-0.2, -0.15) is 0 Å². The largest absolute Gasteiger partial charge is 0.392 e. The first-order valence-electron chi connectivity index (χ1n) is 5.60. The van der Waals surface area contributed by atoms with E-state index in [9.17, 15) is 21.9 Å². The molecule has 2 atom stereocenters. The summed E-state index contributed by atoms with van der Waals surface area (Å²) >= 11 is 0. The van der Waals surface area contributed by atoms with E-state index in [2.05, 4.69) is 4.72 Å². The molecule has 1 rings (SSSR count). The molecule has 0 radical (unpaired) electrons. The molecule has 1 aromatic rings. The molecule has 10 heteroatoms. The van der Waals surface area contributed by atoms with E-state index in [0.29, 0.717) is 0 Å². The van der Waals surface area contributed by atoms with E-state index >= 15 is 0 Å². The minimum absolute atomic E-state index is 0.181. The van der Waals surface area contributed by atoms with Crippen LogP contribution in [0.2, 0.25) is 0 Å². The highest BCUT2D eigenvalue weighted by atomic mass is 32.2. The molecule has 0 heterocycles. The van der Waals surface area contributed by atoms with E-state index in [1.54, 1.807) is 0 Å². The van der Waals surface area contributed by atoms with Gasteiger partial charge in [-0.15, -0.1) is 0 Å². The molecule has 0 aliphatic heterocycles. The smallest absolute Gasteiger partial charge is 0.240 e. The standard InChI is InChI=1S/C10H17N3O5S2/c1-7(14)10(11)6-13-20(17,18)9-4-2-3-8(5-9)19(12,15)16/h2-5,7,10,13-14H,6,11H2,1H3,(H2,12,15,16). The van der Waals surface area contributed by atoms with Crippen molar-refractivity contribution in [3.05, 3.63) is 24.3 Å². The van der Waals surface area contributed by atoms with Gasteiger partial charge >= 0.3 is 0 Å². The van der Waals surface area contributed by atoms with Gasteiger partial charge in [-0.25, -0.2) is 26.7 Å². The van der Waals surface area contributed by atoms with Gasteiger partial charge in [0.15, 0.2) is 0 Å². The van der Waals surface area contributed by atoms with Crippen LogP contribution in [0.25, 0.3) is 0 Å². The summed E-state index contributed by atoms with van der Waals surface area (Å²) in [4.78, 5) is -0.554. The molecule has 0 saturated heterocycles. The molecule has 114 valence electrons. The SMILES string of the molecule is CC(O)C(N)CNS(=O)(=O)c1cccc(S(N)(=O)=O)c1. The fourth-order valence-electron chi connectivity index (χ4n) is 1.28. The number of primary sulfonamides is 1. The number of rotatable bonds is 6. The zero-order valence-electron chi connectivity index (χ0n) is 10.7. The lowest BCUT2D eigenvalue weighted by atomic mass is 10.2. The van der Waals surface area contributed by atoms with Gasteiger partial charge in [0.2, 0.25) is 20.0 Å². The predicted molar refractivity (Wildman–Crippen MR) is 72.7 cm³/mol. The Morgan fingerprint density at radius 1 is 1.25 bits per heavy atom. The first-order chi connectivity index (χ1) is 9.04. The number of aliphatic hydroxyl groups excluding tert-OH is 1. The third-order valence-electron chi connectivity index (χ3n) is 2.57. The molecule has 0 fully saturated rings. The summed E-state index contributed by atoms with van der Waals surface area (Å²) in [5.41, 5.74) is 5.51. The Kier molecular flexibility index (Phi) is 5.24. The van der Waals surface area contributed by atoms with Crippen LogP contribution < -0.4 is 15.6 Å². The van der Waals surface area contributed by atoms with Gasteiger partial charge in [0.1, 0.15) is 0 Å². The Balaban J connectivity index is 2.99. The number of nitrogens with one attached hydrogen (secondary N) is 1. The lowest BCUT2D eigenvalue weighted by Crippen LogP contribution is -2.43. The first kappa shape index (κ1) is 17.0. The summed E-state index contributed by atoms with van der Waals surface area (Å²) in [7, 11) is -7.92. The minimum atomic E-state index is -3.99. The molecule has 8 nitrogen and oxygen atoms in total. The van der Waals surface area contributed by atoms with Gasteiger partial charge in [0.05, 0.1) is 15.9 Å². The fourth-order valence-corrected chi connectivity index (χ4v) is 3.03. The average Bonchev–Trinajstić information content (AvgIpc) is 2.35. The second kappa shape index (κ2) is 6.16. The van der Waals surface area contributed by atoms with Gasteiger partial charge in [0.25, 0.3) is 0 Å². The van der Waals surface area contributed by atoms with Gasteiger partial charge in [-0.05, 0) is 25.1 Å². The van der Waals surface area contributed by atoms with Gasteiger partial charge < -0.3 is 10.8 Å². The summed E-state index contributed by atoms with van der Waals surface area (Å²) in [5, 5.41) is 14.1. The van der Waals surface area contributed by atoms with Crippen molar-refractivity contribution in [2.75, 3.05) is 6.54 Å². The van der Waals surface area contributed by atoms with Crippen LogP contribution in [0.15, 0.2) is 34.1 Å². The predicted octanol–water partition coefficient (Wildman–Crippen LogP) is -1.68. The first-order valence-corrected chi connectivity index (χ1v) is 8.63. The number of hydrogen-bond donors (Lipinski definition) is 4. The maximum absolute atomic E-state index is 12.0. The molecule has 0 saturated carbocycles. The van der Waals surface area contributed by atoms with E-state index in [1.165, 1.54) is 25.1 Å². The zero-order chi connectivity index (χ0) is 15.6.